The number of hydrogen-bond donors (Lipinski definition) is 0. The SMILES string of the molecule is CN(C)S(=O)n1cnc(Cc2ccccc2)c1. The van der Waals surface area contributed by atoms with Crippen LogP contribution in [0.25, 0.3) is 0 Å². The van der Waals surface area contributed by atoms with Crippen LogP contribution in [0.3, 0.4) is 0 Å². The lowest BCUT2D eigenvalue weighted by Crippen LogP contribution is -2.20. The Labute approximate surface area is 104 Å². The smallest absolute Gasteiger partial charge is 0.203 e. The average Bonchev–Trinajstić information content (AvgIpc) is 2.77. The number of hydrogen-bond acceptors (Lipinski definition) is 2. The van der Waals surface area contributed by atoms with Crippen molar-refractivity contribution in [2.75, 3.05) is 14.1 Å². The summed E-state index contributed by atoms with van der Waals surface area (Å²) < 4.78 is 15.0. The Morgan fingerprint density at radius 3 is 2.65 bits per heavy atom. The number of benzene rings is 1. The van der Waals surface area contributed by atoms with E-state index in [-0.39, 0.29) is 0 Å². The van der Waals surface area contributed by atoms with Crippen molar-refractivity contribution in [1.82, 2.24) is 13.3 Å². The molecular formula is C12H15N3OS. The second-order valence-corrected chi connectivity index (χ2v) is 5.54. The molecule has 0 bridgehead atoms. The van der Waals surface area contributed by atoms with Crippen molar-refractivity contribution in [1.29, 1.82) is 0 Å². The second-order valence-electron chi connectivity index (χ2n) is 3.93. The van der Waals surface area contributed by atoms with Crippen LogP contribution in [0.5, 0.6) is 0 Å². The lowest BCUT2D eigenvalue weighted by Gasteiger charge is -2.07. The molecule has 1 unspecified atom stereocenters. The van der Waals surface area contributed by atoms with Crippen LogP contribution >= 0.6 is 0 Å². The third-order valence-electron chi connectivity index (χ3n) is 2.33. The molecule has 1 aromatic carbocycles. The molecule has 17 heavy (non-hydrogen) atoms. The molecule has 1 heterocycles. The van der Waals surface area contributed by atoms with Gasteiger partial charge in [0.05, 0.1) is 5.69 Å². The average molecular weight is 249 g/mol. The molecule has 0 spiro atoms. The molecular weight excluding hydrogens is 234 g/mol. The van der Waals surface area contributed by atoms with Crippen molar-refractivity contribution in [2.45, 2.75) is 6.42 Å². The maximum absolute atomic E-state index is 11.8. The maximum Gasteiger partial charge on any atom is 0.203 e. The monoisotopic (exact) mass is 249 g/mol. The predicted octanol–water partition coefficient (Wildman–Crippen LogP) is 1.46. The van der Waals surface area contributed by atoms with Gasteiger partial charge in [0.2, 0.25) is 11.2 Å². The van der Waals surface area contributed by atoms with Crippen molar-refractivity contribution in [3.8, 4) is 0 Å². The normalized spacial score (nSPS) is 12.9. The molecule has 5 heteroatoms. The summed E-state index contributed by atoms with van der Waals surface area (Å²) in [5, 5.41) is 0. The number of imidazole rings is 1. The first-order valence-electron chi connectivity index (χ1n) is 5.33. The first-order chi connectivity index (χ1) is 8.16. The molecule has 0 radical (unpaired) electrons. The van der Waals surface area contributed by atoms with E-state index >= 15 is 0 Å². The van der Waals surface area contributed by atoms with Gasteiger partial charge in [0.25, 0.3) is 0 Å². The van der Waals surface area contributed by atoms with Gasteiger partial charge in [-0.15, -0.1) is 0 Å². The first kappa shape index (κ1) is 12.0. The van der Waals surface area contributed by atoms with Crippen LogP contribution in [0, 0.1) is 0 Å². The number of aromatic nitrogens is 2. The number of rotatable bonds is 4. The molecule has 0 saturated heterocycles. The van der Waals surface area contributed by atoms with Crippen molar-refractivity contribution >= 4 is 11.2 Å². The highest BCUT2D eigenvalue weighted by Crippen LogP contribution is 2.07. The summed E-state index contributed by atoms with van der Waals surface area (Å²) in [6, 6.07) is 10.1. The summed E-state index contributed by atoms with van der Waals surface area (Å²) >= 11 is -1.18. The van der Waals surface area contributed by atoms with Crippen molar-refractivity contribution in [3.63, 3.8) is 0 Å². The zero-order chi connectivity index (χ0) is 12.3. The maximum atomic E-state index is 11.8. The van der Waals surface area contributed by atoms with E-state index in [1.165, 1.54) is 5.56 Å². The Hall–Kier alpha value is -1.46. The Bertz CT molecular complexity index is 507. The number of nitrogens with zero attached hydrogens (tertiary/aromatic N) is 3. The third-order valence-corrected chi connectivity index (χ3v) is 3.52. The van der Waals surface area contributed by atoms with Crippen molar-refractivity contribution in [3.05, 3.63) is 54.1 Å². The van der Waals surface area contributed by atoms with E-state index in [2.05, 4.69) is 17.1 Å². The van der Waals surface area contributed by atoms with Crippen LogP contribution in [-0.2, 0) is 17.6 Å². The van der Waals surface area contributed by atoms with Gasteiger partial charge in [0.1, 0.15) is 6.33 Å². The van der Waals surface area contributed by atoms with E-state index in [9.17, 15) is 4.21 Å². The molecule has 0 aliphatic heterocycles. The zero-order valence-electron chi connectivity index (χ0n) is 9.91. The summed E-state index contributed by atoms with van der Waals surface area (Å²) in [5.74, 6) is 0. The molecule has 0 aliphatic carbocycles. The summed E-state index contributed by atoms with van der Waals surface area (Å²) in [6.45, 7) is 0. The Balaban J connectivity index is 2.12. The van der Waals surface area contributed by atoms with Gasteiger partial charge in [-0.2, -0.15) is 0 Å². The largest absolute Gasteiger partial charge is 0.242 e. The molecule has 2 aromatic rings. The standard InChI is InChI=1S/C12H15N3OS/c1-14(2)17(16)15-9-12(13-10-15)8-11-6-4-3-5-7-11/h3-7,9-10H,8H2,1-2H3. The minimum atomic E-state index is -1.18. The van der Waals surface area contributed by atoms with Crippen LogP contribution in [0.2, 0.25) is 0 Å². The van der Waals surface area contributed by atoms with Gasteiger partial charge in [-0.3, -0.25) is 0 Å². The lowest BCUT2D eigenvalue weighted by molar-refractivity contribution is 0.594. The fraction of sp³-hybridized carbons (Fsp3) is 0.250. The van der Waals surface area contributed by atoms with Crippen LogP contribution in [0.4, 0.5) is 0 Å². The summed E-state index contributed by atoms with van der Waals surface area (Å²) in [4.78, 5) is 4.26. The van der Waals surface area contributed by atoms with E-state index in [1.807, 2.05) is 24.4 Å². The van der Waals surface area contributed by atoms with E-state index in [4.69, 9.17) is 0 Å². The summed E-state index contributed by atoms with van der Waals surface area (Å²) in [7, 11) is 3.54. The predicted molar refractivity (Wildman–Crippen MR) is 68.7 cm³/mol. The molecule has 0 aliphatic rings. The Kier molecular flexibility index (Phi) is 3.71. The minimum Gasteiger partial charge on any atom is -0.242 e. The topological polar surface area (TPSA) is 38.1 Å². The van der Waals surface area contributed by atoms with Gasteiger partial charge in [-0.25, -0.2) is 17.5 Å². The molecule has 1 aromatic heterocycles. The van der Waals surface area contributed by atoms with E-state index in [1.54, 1.807) is 28.7 Å². The van der Waals surface area contributed by atoms with Crippen LogP contribution in [-0.4, -0.2) is 31.6 Å². The Morgan fingerprint density at radius 1 is 1.29 bits per heavy atom. The van der Waals surface area contributed by atoms with E-state index < -0.39 is 11.2 Å². The van der Waals surface area contributed by atoms with E-state index in [0.29, 0.717) is 0 Å². The summed E-state index contributed by atoms with van der Waals surface area (Å²) in [6.07, 6.45) is 4.19. The second kappa shape index (κ2) is 5.25. The van der Waals surface area contributed by atoms with Crippen LogP contribution in [0.1, 0.15) is 11.3 Å². The molecule has 0 saturated carbocycles. The van der Waals surface area contributed by atoms with Gasteiger partial charge in [-0.1, -0.05) is 30.3 Å². The van der Waals surface area contributed by atoms with Gasteiger partial charge < -0.3 is 0 Å². The molecule has 4 nitrogen and oxygen atoms in total. The molecule has 0 N–H and O–H groups in total. The van der Waals surface area contributed by atoms with Gasteiger partial charge in [0, 0.05) is 26.7 Å². The zero-order valence-corrected chi connectivity index (χ0v) is 10.7. The molecule has 1 atom stereocenters. The molecule has 0 fully saturated rings. The van der Waals surface area contributed by atoms with Gasteiger partial charge >= 0.3 is 0 Å². The highest BCUT2D eigenvalue weighted by Gasteiger charge is 2.07. The quantitative estimate of drug-likeness (QED) is 0.823. The highest BCUT2D eigenvalue weighted by atomic mass is 32.2. The fourth-order valence-corrected chi connectivity index (χ4v) is 2.23. The molecule has 90 valence electrons. The Morgan fingerprint density at radius 2 is 2.00 bits per heavy atom. The fourth-order valence-electron chi connectivity index (χ4n) is 1.51. The third kappa shape index (κ3) is 3.01. The van der Waals surface area contributed by atoms with Gasteiger partial charge in [0.15, 0.2) is 0 Å². The minimum absolute atomic E-state index is 0.762. The summed E-state index contributed by atoms with van der Waals surface area (Å²) in [5.41, 5.74) is 2.12. The van der Waals surface area contributed by atoms with Crippen LogP contribution in [0.15, 0.2) is 42.9 Å². The lowest BCUT2D eigenvalue weighted by atomic mass is 10.1. The molecule has 2 rings (SSSR count). The van der Waals surface area contributed by atoms with E-state index in [0.717, 1.165) is 12.1 Å². The van der Waals surface area contributed by atoms with Crippen LogP contribution < -0.4 is 0 Å². The van der Waals surface area contributed by atoms with Crippen molar-refractivity contribution < 1.29 is 4.21 Å². The van der Waals surface area contributed by atoms with Crippen molar-refractivity contribution in [2.24, 2.45) is 0 Å². The first-order valence-corrected chi connectivity index (χ1v) is 6.39. The van der Waals surface area contributed by atoms with Gasteiger partial charge in [-0.05, 0) is 5.56 Å². The molecule has 0 amide bonds. The highest BCUT2D eigenvalue weighted by molar-refractivity contribution is 7.81.